The predicted octanol–water partition coefficient (Wildman–Crippen LogP) is 6.46. The van der Waals surface area contributed by atoms with Gasteiger partial charge in [-0.1, -0.05) is 59.5 Å². The number of hydrogen-bond donors (Lipinski definition) is 0. The molecule has 0 N–H and O–H groups in total. The first kappa shape index (κ1) is 20.7. The van der Waals surface area contributed by atoms with E-state index in [9.17, 15) is 13.2 Å². The van der Waals surface area contributed by atoms with Crippen LogP contribution >= 0.6 is 0 Å². The van der Waals surface area contributed by atoms with E-state index in [0.29, 0.717) is 11.5 Å². The van der Waals surface area contributed by atoms with Crippen LogP contribution in [0.3, 0.4) is 0 Å². The third kappa shape index (κ3) is 4.56. The van der Waals surface area contributed by atoms with Gasteiger partial charge in [-0.2, -0.15) is 13.2 Å². The molecule has 0 fully saturated rings. The summed E-state index contributed by atoms with van der Waals surface area (Å²) in [6, 6.07) is 7.33. The third-order valence-corrected chi connectivity index (χ3v) is 7.05. The lowest BCUT2D eigenvalue weighted by Gasteiger charge is -2.32. The molecular formula is C21H28F3NSi. The van der Waals surface area contributed by atoms with Gasteiger partial charge >= 0.3 is 6.18 Å². The molecular weight excluding hydrogens is 351 g/mol. The molecule has 142 valence electrons. The summed E-state index contributed by atoms with van der Waals surface area (Å²) >= 11 is 0. The molecule has 0 aliphatic rings. The molecule has 1 atom stereocenters. The van der Waals surface area contributed by atoms with Gasteiger partial charge in [0.1, 0.15) is 0 Å². The fraction of sp³-hybridized carbons (Fsp3) is 0.476. The Labute approximate surface area is 155 Å². The van der Waals surface area contributed by atoms with Crippen LogP contribution in [0.4, 0.5) is 13.2 Å². The van der Waals surface area contributed by atoms with Gasteiger partial charge in [-0.05, 0) is 40.3 Å². The standard InChI is InChI=1S/C21H28F3NSi/c1-14(20(2,3)4)17-12-18(25-13-19(17)26(5,6)7)15-8-10-16(11-9-15)21(22,23)24/h8-14H,1-7H3. The van der Waals surface area contributed by atoms with E-state index in [-0.39, 0.29) is 5.41 Å². The summed E-state index contributed by atoms with van der Waals surface area (Å²) in [5.41, 5.74) is 2.16. The molecule has 2 rings (SSSR count). The summed E-state index contributed by atoms with van der Waals surface area (Å²) < 4.78 is 38.4. The number of halogens is 3. The molecule has 0 spiro atoms. The molecule has 0 aliphatic carbocycles. The molecule has 0 aliphatic heterocycles. The van der Waals surface area contributed by atoms with Crippen molar-refractivity contribution in [2.75, 3.05) is 0 Å². The molecule has 1 heterocycles. The fourth-order valence-corrected chi connectivity index (χ4v) is 4.52. The normalized spacial score (nSPS) is 14.4. The molecule has 5 heteroatoms. The summed E-state index contributed by atoms with van der Waals surface area (Å²) in [5, 5.41) is 1.32. The van der Waals surface area contributed by atoms with Crippen molar-refractivity contribution >= 4 is 13.3 Å². The number of pyridine rings is 1. The minimum atomic E-state index is -4.32. The molecule has 26 heavy (non-hydrogen) atoms. The van der Waals surface area contributed by atoms with Crippen molar-refractivity contribution in [2.24, 2.45) is 5.41 Å². The summed E-state index contributed by atoms with van der Waals surface area (Å²) in [6.45, 7) is 15.7. The summed E-state index contributed by atoms with van der Waals surface area (Å²) in [4.78, 5) is 4.59. The zero-order valence-electron chi connectivity index (χ0n) is 16.6. The minimum Gasteiger partial charge on any atom is -0.256 e. The van der Waals surface area contributed by atoms with E-state index in [1.807, 2.05) is 6.20 Å². The summed E-state index contributed by atoms with van der Waals surface area (Å²) in [7, 11) is -1.59. The van der Waals surface area contributed by atoms with Crippen LogP contribution < -0.4 is 5.19 Å². The predicted molar refractivity (Wildman–Crippen MR) is 106 cm³/mol. The van der Waals surface area contributed by atoms with E-state index in [4.69, 9.17) is 0 Å². The molecule has 1 nitrogen and oxygen atoms in total. The maximum atomic E-state index is 12.8. The minimum absolute atomic E-state index is 0.0904. The van der Waals surface area contributed by atoms with Gasteiger partial charge in [-0.25, -0.2) is 0 Å². The van der Waals surface area contributed by atoms with Crippen LogP contribution in [0.5, 0.6) is 0 Å². The average molecular weight is 380 g/mol. The van der Waals surface area contributed by atoms with E-state index in [2.05, 4.69) is 58.4 Å². The Morgan fingerprint density at radius 1 is 0.962 bits per heavy atom. The lowest BCUT2D eigenvalue weighted by atomic mass is 9.78. The third-order valence-electron chi connectivity index (χ3n) is 5.02. The first-order valence-corrected chi connectivity index (χ1v) is 12.4. The van der Waals surface area contributed by atoms with Gasteiger partial charge in [0.15, 0.2) is 0 Å². The van der Waals surface area contributed by atoms with Gasteiger partial charge in [-0.15, -0.1) is 0 Å². The van der Waals surface area contributed by atoms with E-state index < -0.39 is 19.8 Å². The smallest absolute Gasteiger partial charge is 0.256 e. The van der Waals surface area contributed by atoms with Gasteiger partial charge in [-0.3, -0.25) is 4.98 Å². The first-order valence-electron chi connectivity index (χ1n) is 8.89. The van der Waals surface area contributed by atoms with Crippen molar-refractivity contribution in [3.8, 4) is 11.3 Å². The molecule has 0 saturated carbocycles. The van der Waals surface area contributed by atoms with E-state index in [0.717, 1.165) is 17.8 Å². The zero-order valence-corrected chi connectivity index (χ0v) is 17.6. The molecule has 0 radical (unpaired) electrons. The van der Waals surface area contributed by atoms with Crippen molar-refractivity contribution in [1.29, 1.82) is 0 Å². The second kappa shape index (κ2) is 6.84. The second-order valence-electron chi connectivity index (χ2n) is 9.07. The fourth-order valence-electron chi connectivity index (χ4n) is 2.91. The maximum Gasteiger partial charge on any atom is 0.416 e. The molecule has 1 aromatic heterocycles. The van der Waals surface area contributed by atoms with Crippen LogP contribution in [0.2, 0.25) is 19.6 Å². The average Bonchev–Trinajstić information content (AvgIpc) is 2.51. The Hall–Kier alpha value is -1.62. The topological polar surface area (TPSA) is 12.9 Å². The van der Waals surface area contributed by atoms with Crippen molar-refractivity contribution in [1.82, 2.24) is 4.98 Å². The maximum absolute atomic E-state index is 12.8. The van der Waals surface area contributed by atoms with Crippen LogP contribution in [0.25, 0.3) is 11.3 Å². The lowest BCUT2D eigenvalue weighted by molar-refractivity contribution is -0.137. The Morgan fingerprint density at radius 3 is 1.92 bits per heavy atom. The van der Waals surface area contributed by atoms with E-state index in [1.54, 1.807) is 0 Å². The SMILES string of the molecule is CC(c1cc(-c2ccc(C(F)(F)F)cc2)ncc1[Si](C)(C)C)C(C)(C)C. The van der Waals surface area contributed by atoms with Crippen LogP contribution in [0, 0.1) is 5.41 Å². The van der Waals surface area contributed by atoms with Crippen molar-refractivity contribution in [3.63, 3.8) is 0 Å². The van der Waals surface area contributed by atoms with Crippen LogP contribution in [-0.4, -0.2) is 13.1 Å². The van der Waals surface area contributed by atoms with Gasteiger partial charge in [0.25, 0.3) is 0 Å². The van der Waals surface area contributed by atoms with Gasteiger partial charge in [0.2, 0.25) is 0 Å². The van der Waals surface area contributed by atoms with Crippen molar-refractivity contribution in [2.45, 2.75) is 59.4 Å². The highest BCUT2D eigenvalue weighted by molar-refractivity contribution is 6.89. The van der Waals surface area contributed by atoms with E-state index in [1.165, 1.54) is 22.9 Å². The Kier molecular flexibility index (Phi) is 5.44. The number of hydrogen-bond acceptors (Lipinski definition) is 1. The van der Waals surface area contributed by atoms with Gasteiger partial charge in [0, 0.05) is 11.8 Å². The van der Waals surface area contributed by atoms with Gasteiger partial charge < -0.3 is 0 Å². The van der Waals surface area contributed by atoms with Crippen molar-refractivity contribution < 1.29 is 13.2 Å². The van der Waals surface area contributed by atoms with E-state index >= 15 is 0 Å². The van der Waals surface area contributed by atoms with Crippen LogP contribution in [0.15, 0.2) is 36.5 Å². The first-order chi connectivity index (χ1) is 11.7. The summed E-state index contributed by atoms with van der Waals surface area (Å²) in [5.74, 6) is 0.320. The van der Waals surface area contributed by atoms with Crippen LogP contribution in [0.1, 0.15) is 44.7 Å². The molecule has 0 amide bonds. The number of aromatic nitrogens is 1. The molecule has 1 aromatic carbocycles. The molecule has 0 bridgehead atoms. The number of nitrogens with zero attached hydrogens (tertiary/aromatic N) is 1. The monoisotopic (exact) mass is 379 g/mol. The number of benzene rings is 1. The largest absolute Gasteiger partial charge is 0.416 e. The molecule has 0 saturated heterocycles. The summed E-state index contributed by atoms with van der Waals surface area (Å²) in [6.07, 6.45) is -2.38. The Balaban J connectivity index is 2.55. The van der Waals surface area contributed by atoms with Crippen molar-refractivity contribution in [3.05, 3.63) is 47.7 Å². The highest BCUT2D eigenvalue weighted by Crippen LogP contribution is 2.36. The zero-order chi connectivity index (χ0) is 19.9. The highest BCUT2D eigenvalue weighted by Gasteiger charge is 2.31. The molecule has 2 aromatic rings. The Morgan fingerprint density at radius 2 is 1.50 bits per heavy atom. The number of alkyl halides is 3. The van der Waals surface area contributed by atoms with Crippen LogP contribution in [-0.2, 0) is 6.18 Å². The van der Waals surface area contributed by atoms with Gasteiger partial charge in [0.05, 0.1) is 19.3 Å². The second-order valence-corrected chi connectivity index (χ2v) is 14.1. The molecule has 1 unspecified atom stereocenters. The quantitative estimate of drug-likeness (QED) is 0.558. The number of rotatable bonds is 3. The Bertz CT molecular complexity index is 766. The lowest BCUT2D eigenvalue weighted by Crippen LogP contribution is -2.42. The highest BCUT2D eigenvalue weighted by atomic mass is 28.3.